The zero-order valence-corrected chi connectivity index (χ0v) is 17.0. The molecule has 0 fully saturated rings. The Kier molecular flexibility index (Phi) is 4.70. The van der Waals surface area contributed by atoms with Crippen LogP contribution in [0.2, 0.25) is 0 Å². The number of esters is 1. The van der Waals surface area contributed by atoms with Crippen molar-refractivity contribution in [2.45, 2.75) is 39.0 Å². The number of aromatic nitrogens is 1. The third-order valence-corrected chi connectivity index (χ3v) is 5.95. The lowest BCUT2D eigenvalue weighted by molar-refractivity contribution is -0.145. The number of para-hydroxylation sites is 1. The van der Waals surface area contributed by atoms with Crippen molar-refractivity contribution in [3.63, 3.8) is 0 Å². The van der Waals surface area contributed by atoms with Crippen LogP contribution in [0.25, 0.3) is 22.2 Å². The van der Waals surface area contributed by atoms with E-state index in [9.17, 15) is 4.79 Å². The molecule has 0 spiro atoms. The molecule has 4 rings (SSSR count). The van der Waals surface area contributed by atoms with Crippen molar-refractivity contribution in [3.8, 4) is 11.3 Å². The van der Waals surface area contributed by atoms with Gasteiger partial charge in [0, 0.05) is 16.4 Å². The summed E-state index contributed by atoms with van der Waals surface area (Å²) in [5, 5.41) is 1.15. The fourth-order valence-electron chi connectivity index (χ4n) is 4.97. The number of methoxy groups -OCH3 is 1. The van der Waals surface area contributed by atoms with Gasteiger partial charge in [-0.2, -0.15) is 0 Å². The van der Waals surface area contributed by atoms with Crippen molar-refractivity contribution in [2.75, 3.05) is 7.11 Å². The predicted octanol–water partition coefficient (Wildman–Crippen LogP) is 5.75. The molecule has 1 aliphatic carbocycles. The van der Waals surface area contributed by atoms with Crippen LogP contribution in [0.4, 0.5) is 0 Å². The van der Waals surface area contributed by atoms with Crippen LogP contribution in [-0.4, -0.2) is 18.1 Å². The van der Waals surface area contributed by atoms with Crippen LogP contribution in [0.1, 0.15) is 44.7 Å². The molecule has 0 radical (unpaired) electrons. The lowest BCUT2D eigenvalue weighted by atomic mass is 9.67. The van der Waals surface area contributed by atoms with E-state index in [1.165, 1.54) is 23.8 Å². The number of hydrogen-bond donors (Lipinski definition) is 0. The Labute approximate surface area is 166 Å². The van der Waals surface area contributed by atoms with E-state index < -0.39 is 0 Å². The van der Waals surface area contributed by atoms with Crippen LogP contribution >= 0.6 is 0 Å². The van der Waals surface area contributed by atoms with E-state index >= 15 is 0 Å². The molecular formula is C25H27NO2. The number of pyridine rings is 1. The first-order valence-corrected chi connectivity index (χ1v) is 10.0. The summed E-state index contributed by atoms with van der Waals surface area (Å²) in [6, 6.07) is 19.1. The molecule has 0 amide bonds. The molecule has 1 unspecified atom stereocenters. The average molecular weight is 373 g/mol. The van der Waals surface area contributed by atoms with Gasteiger partial charge in [0.15, 0.2) is 0 Å². The quantitative estimate of drug-likeness (QED) is 0.535. The lowest BCUT2D eigenvalue weighted by Gasteiger charge is -2.35. The molecule has 1 aliphatic rings. The highest BCUT2D eigenvalue weighted by Gasteiger charge is 2.46. The molecule has 0 saturated heterocycles. The number of ether oxygens (including phenoxy) is 1. The van der Waals surface area contributed by atoms with E-state index in [-0.39, 0.29) is 17.3 Å². The van der Waals surface area contributed by atoms with Gasteiger partial charge in [0.1, 0.15) is 0 Å². The number of benzene rings is 2. The summed E-state index contributed by atoms with van der Waals surface area (Å²) in [6.07, 6.45) is 1.69. The fraction of sp³-hybridized carbons (Fsp3) is 0.360. The topological polar surface area (TPSA) is 39.2 Å². The van der Waals surface area contributed by atoms with Crippen LogP contribution in [0.15, 0.2) is 54.6 Å². The van der Waals surface area contributed by atoms with E-state index in [0.29, 0.717) is 5.92 Å². The summed E-state index contributed by atoms with van der Waals surface area (Å²) in [5.74, 6) is 0.146. The van der Waals surface area contributed by atoms with Gasteiger partial charge in [-0.25, -0.2) is 4.98 Å². The third kappa shape index (κ3) is 2.90. The van der Waals surface area contributed by atoms with Gasteiger partial charge in [-0.1, -0.05) is 63.2 Å². The van der Waals surface area contributed by atoms with Crippen molar-refractivity contribution in [1.82, 2.24) is 4.98 Å². The maximum absolute atomic E-state index is 12.3. The predicted molar refractivity (Wildman–Crippen MR) is 113 cm³/mol. The zero-order valence-electron chi connectivity index (χ0n) is 17.0. The summed E-state index contributed by atoms with van der Waals surface area (Å²) in [6.45, 7) is 6.47. The first-order valence-electron chi connectivity index (χ1n) is 10.0. The molecule has 144 valence electrons. The summed E-state index contributed by atoms with van der Waals surface area (Å²) in [7, 11) is 1.47. The number of carbonyl (C=O) groups excluding carboxylic acids is 1. The van der Waals surface area contributed by atoms with Crippen molar-refractivity contribution in [3.05, 3.63) is 65.7 Å². The highest BCUT2D eigenvalue weighted by Crippen LogP contribution is 2.54. The zero-order chi connectivity index (χ0) is 19.9. The van der Waals surface area contributed by atoms with Crippen molar-refractivity contribution in [2.24, 2.45) is 11.8 Å². The molecule has 3 aromatic rings. The average Bonchev–Trinajstić information content (AvgIpc) is 2.94. The molecule has 3 heteroatoms. The van der Waals surface area contributed by atoms with Gasteiger partial charge in [0.05, 0.1) is 24.2 Å². The summed E-state index contributed by atoms with van der Waals surface area (Å²) < 4.78 is 5.06. The number of rotatable bonds is 5. The van der Waals surface area contributed by atoms with E-state index in [4.69, 9.17) is 9.72 Å². The molecule has 0 saturated carbocycles. The smallest absolute Gasteiger partial charge is 0.308 e. The van der Waals surface area contributed by atoms with E-state index in [1.54, 1.807) is 0 Å². The van der Waals surface area contributed by atoms with Crippen molar-refractivity contribution >= 4 is 16.9 Å². The van der Waals surface area contributed by atoms with E-state index in [0.717, 1.165) is 29.4 Å². The van der Waals surface area contributed by atoms with Crippen molar-refractivity contribution < 1.29 is 9.53 Å². The number of fused-ring (bicyclic) bond motifs is 4. The van der Waals surface area contributed by atoms with Gasteiger partial charge in [-0.05, 0) is 42.0 Å². The summed E-state index contributed by atoms with van der Waals surface area (Å²) >= 11 is 0. The second-order valence-electron chi connectivity index (χ2n) is 8.43. The van der Waals surface area contributed by atoms with Crippen LogP contribution in [0, 0.1) is 11.8 Å². The Morgan fingerprint density at radius 1 is 1.00 bits per heavy atom. The van der Waals surface area contributed by atoms with E-state index in [2.05, 4.69) is 62.4 Å². The van der Waals surface area contributed by atoms with E-state index in [1.807, 2.05) is 13.0 Å². The molecule has 1 heterocycles. The highest BCUT2D eigenvalue weighted by molar-refractivity contribution is 5.88. The minimum Gasteiger partial charge on any atom is -0.469 e. The Balaban J connectivity index is 1.99. The Morgan fingerprint density at radius 2 is 1.71 bits per heavy atom. The Morgan fingerprint density at radius 3 is 2.46 bits per heavy atom. The van der Waals surface area contributed by atoms with Gasteiger partial charge in [0.25, 0.3) is 0 Å². The highest BCUT2D eigenvalue weighted by atomic mass is 16.5. The second-order valence-corrected chi connectivity index (χ2v) is 8.43. The SMILES string of the molecule is COC(=O)[C@@H](C)CC1(CC(C)C)c2ccccc2-c2nc3ccccc3cc21. The number of nitrogens with zero attached hydrogens (tertiary/aromatic N) is 1. The standard InChI is InChI=1S/C25H27NO2/c1-16(2)14-25(15-17(3)24(27)28-4)20-11-7-6-10-19(20)23-21(25)13-18-9-5-8-12-22(18)26-23/h5-13,16-17H,14-15H2,1-4H3/t17-,25?/m0/s1. The molecule has 0 aliphatic heterocycles. The molecule has 3 nitrogen and oxygen atoms in total. The third-order valence-electron chi connectivity index (χ3n) is 5.95. The maximum atomic E-state index is 12.3. The van der Waals surface area contributed by atoms with Crippen LogP contribution in [-0.2, 0) is 14.9 Å². The fourth-order valence-corrected chi connectivity index (χ4v) is 4.97. The molecule has 2 aromatic carbocycles. The monoisotopic (exact) mass is 373 g/mol. The van der Waals surface area contributed by atoms with Crippen LogP contribution < -0.4 is 0 Å². The van der Waals surface area contributed by atoms with Gasteiger partial charge in [-0.3, -0.25) is 4.79 Å². The van der Waals surface area contributed by atoms with Crippen molar-refractivity contribution in [1.29, 1.82) is 0 Å². The van der Waals surface area contributed by atoms with Gasteiger partial charge in [0.2, 0.25) is 0 Å². The van der Waals surface area contributed by atoms with Gasteiger partial charge < -0.3 is 4.74 Å². The van der Waals surface area contributed by atoms with Gasteiger partial charge >= 0.3 is 5.97 Å². The largest absolute Gasteiger partial charge is 0.469 e. The van der Waals surface area contributed by atoms with Crippen LogP contribution in [0.3, 0.4) is 0 Å². The molecule has 28 heavy (non-hydrogen) atoms. The minimum absolute atomic E-state index is 0.150. The number of hydrogen-bond acceptors (Lipinski definition) is 3. The molecule has 0 N–H and O–H groups in total. The first-order chi connectivity index (χ1) is 13.5. The van der Waals surface area contributed by atoms with Crippen LogP contribution in [0.5, 0.6) is 0 Å². The molecule has 0 bridgehead atoms. The normalized spacial score (nSPS) is 18.8. The lowest BCUT2D eigenvalue weighted by Crippen LogP contribution is -2.32. The Hall–Kier alpha value is -2.68. The summed E-state index contributed by atoms with van der Waals surface area (Å²) in [4.78, 5) is 17.4. The van der Waals surface area contributed by atoms with Gasteiger partial charge in [-0.15, -0.1) is 0 Å². The number of carbonyl (C=O) groups is 1. The first kappa shape index (κ1) is 18.7. The maximum Gasteiger partial charge on any atom is 0.308 e. The molecular weight excluding hydrogens is 346 g/mol. The second kappa shape index (κ2) is 7.05. The minimum atomic E-state index is -0.231. The Bertz CT molecular complexity index is 1040. The molecule has 1 aromatic heterocycles. The summed E-state index contributed by atoms with van der Waals surface area (Å²) in [5.41, 5.74) is 5.57. The molecule has 2 atom stereocenters.